The summed E-state index contributed by atoms with van der Waals surface area (Å²) >= 11 is 1.43. The van der Waals surface area contributed by atoms with Crippen molar-refractivity contribution < 1.29 is 14.5 Å². The molecular weight excluding hydrogens is 452 g/mol. The van der Waals surface area contributed by atoms with Gasteiger partial charge in [0.15, 0.2) is 5.13 Å². The SMILES string of the molecule is Cc1cc(C)cc(N(C(=O)CCNC(=O)c2ccc([N+](=O)[O-])cc2)c2nc3ccccc3s2)c1. The van der Waals surface area contributed by atoms with E-state index in [1.807, 2.05) is 56.3 Å². The van der Waals surface area contributed by atoms with Crippen molar-refractivity contribution in [1.82, 2.24) is 10.3 Å². The van der Waals surface area contributed by atoms with E-state index in [1.165, 1.54) is 35.6 Å². The van der Waals surface area contributed by atoms with Crippen LogP contribution in [-0.4, -0.2) is 28.3 Å². The molecule has 1 heterocycles. The lowest BCUT2D eigenvalue weighted by Gasteiger charge is -2.21. The van der Waals surface area contributed by atoms with Gasteiger partial charge in [-0.05, 0) is 61.4 Å². The molecule has 4 rings (SSSR count). The number of non-ortho nitro benzene ring substituents is 1. The molecule has 0 saturated carbocycles. The minimum Gasteiger partial charge on any atom is -0.352 e. The molecule has 0 aliphatic carbocycles. The van der Waals surface area contributed by atoms with E-state index in [0.717, 1.165) is 27.0 Å². The number of nitrogens with zero attached hydrogens (tertiary/aromatic N) is 3. The Hall–Kier alpha value is -4.11. The predicted octanol–water partition coefficient (Wildman–Crippen LogP) is 5.31. The number of carbonyl (C=O) groups excluding carboxylic acids is 2. The molecule has 172 valence electrons. The van der Waals surface area contributed by atoms with Crippen molar-refractivity contribution in [3.05, 3.63) is 93.5 Å². The van der Waals surface area contributed by atoms with Gasteiger partial charge in [0, 0.05) is 30.7 Å². The van der Waals surface area contributed by atoms with Crippen LogP contribution in [0.25, 0.3) is 10.2 Å². The van der Waals surface area contributed by atoms with Gasteiger partial charge in [-0.1, -0.05) is 29.5 Å². The van der Waals surface area contributed by atoms with Gasteiger partial charge >= 0.3 is 0 Å². The monoisotopic (exact) mass is 474 g/mol. The van der Waals surface area contributed by atoms with Crippen LogP contribution in [0.5, 0.6) is 0 Å². The minimum absolute atomic E-state index is 0.0572. The standard InChI is InChI=1S/C25H22N4O4S/c1-16-13-17(2)15-20(14-16)28(25-27-21-5-3-4-6-22(21)34-25)23(30)11-12-26-24(31)18-7-9-19(10-8-18)29(32)33/h3-10,13-15H,11-12H2,1-2H3,(H,26,31). The zero-order chi connectivity index (χ0) is 24.2. The van der Waals surface area contributed by atoms with Crippen molar-refractivity contribution in [1.29, 1.82) is 0 Å². The molecule has 9 heteroatoms. The Morgan fingerprint density at radius 1 is 1.03 bits per heavy atom. The molecule has 0 unspecified atom stereocenters. The van der Waals surface area contributed by atoms with Crippen molar-refractivity contribution in [3.63, 3.8) is 0 Å². The summed E-state index contributed by atoms with van der Waals surface area (Å²) in [4.78, 5) is 42.3. The van der Waals surface area contributed by atoms with Gasteiger partial charge in [-0.2, -0.15) is 0 Å². The van der Waals surface area contributed by atoms with Crippen LogP contribution < -0.4 is 10.2 Å². The van der Waals surface area contributed by atoms with E-state index in [9.17, 15) is 19.7 Å². The molecule has 34 heavy (non-hydrogen) atoms. The van der Waals surface area contributed by atoms with Crippen LogP contribution in [0.1, 0.15) is 27.9 Å². The Kier molecular flexibility index (Phi) is 6.65. The summed E-state index contributed by atoms with van der Waals surface area (Å²) in [7, 11) is 0. The molecule has 0 bridgehead atoms. The average Bonchev–Trinajstić information content (AvgIpc) is 3.22. The van der Waals surface area contributed by atoms with E-state index in [0.29, 0.717) is 5.13 Å². The maximum Gasteiger partial charge on any atom is 0.269 e. The highest BCUT2D eigenvalue weighted by molar-refractivity contribution is 7.22. The molecule has 0 aliphatic heterocycles. The first-order chi connectivity index (χ1) is 16.3. The minimum atomic E-state index is -0.524. The smallest absolute Gasteiger partial charge is 0.269 e. The maximum absolute atomic E-state index is 13.3. The third-order valence-electron chi connectivity index (χ3n) is 5.15. The number of hydrogen-bond acceptors (Lipinski definition) is 6. The van der Waals surface area contributed by atoms with Crippen LogP contribution in [-0.2, 0) is 4.79 Å². The van der Waals surface area contributed by atoms with Gasteiger partial charge in [-0.3, -0.25) is 24.6 Å². The second-order valence-corrected chi connectivity index (χ2v) is 8.86. The Morgan fingerprint density at radius 3 is 2.35 bits per heavy atom. The van der Waals surface area contributed by atoms with Gasteiger partial charge in [0.05, 0.1) is 20.8 Å². The Morgan fingerprint density at radius 2 is 1.71 bits per heavy atom. The quantitative estimate of drug-likeness (QED) is 0.289. The molecule has 0 spiro atoms. The van der Waals surface area contributed by atoms with Crippen LogP contribution in [0, 0.1) is 24.0 Å². The highest BCUT2D eigenvalue weighted by Gasteiger charge is 2.22. The molecular formula is C25H22N4O4S. The molecule has 8 nitrogen and oxygen atoms in total. The number of aryl methyl sites for hydroxylation is 2. The van der Waals surface area contributed by atoms with Gasteiger partial charge in [-0.15, -0.1) is 0 Å². The summed E-state index contributed by atoms with van der Waals surface area (Å²) in [5.41, 5.74) is 3.79. The Balaban J connectivity index is 1.52. The molecule has 0 atom stereocenters. The normalized spacial score (nSPS) is 10.8. The van der Waals surface area contributed by atoms with Crippen molar-refractivity contribution in [3.8, 4) is 0 Å². The average molecular weight is 475 g/mol. The fraction of sp³-hybridized carbons (Fsp3) is 0.160. The first-order valence-corrected chi connectivity index (χ1v) is 11.4. The Bertz CT molecular complexity index is 1330. The number of nitro benzene ring substituents is 1. The second-order valence-electron chi connectivity index (χ2n) is 7.85. The summed E-state index contributed by atoms with van der Waals surface area (Å²) in [5.74, 6) is -0.603. The van der Waals surface area contributed by atoms with Crippen LogP contribution in [0.15, 0.2) is 66.7 Å². The number of nitro groups is 1. The number of benzene rings is 3. The van der Waals surface area contributed by atoms with Crippen LogP contribution in [0.2, 0.25) is 0 Å². The van der Waals surface area contributed by atoms with Crippen LogP contribution in [0.4, 0.5) is 16.5 Å². The summed E-state index contributed by atoms with van der Waals surface area (Å²) in [6.07, 6.45) is 0.0572. The molecule has 0 aliphatic rings. The van der Waals surface area contributed by atoms with Gasteiger partial charge in [0.2, 0.25) is 5.91 Å². The third kappa shape index (κ3) is 5.10. The largest absolute Gasteiger partial charge is 0.352 e. The number of anilines is 2. The Labute approximate surface area is 200 Å². The molecule has 1 aromatic heterocycles. The molecule has 4 aromatic rings. The molecule has 0 saturated heterocycles. The number of thiazole rings is 1. The highest BCUT2D eigenvalue weighted by atomic mass is 32.1. The van der Waals surface area contributed by atoms with Crippen LogP contribution in [0.3, 0.4) is 0 Å². The highest BCUT2D eigenvalue weighted by Crippen LogP contribution is 2.34. The maximum atomic E-state index is 13.3. The van der Waals surface area contributed by atoms with Crippen LogP contribution >= 0.6 is 11.3 Å². The van der Waals surface area contributed by atoms with Crippen molar-refractivity contribution >= 4 is 49.9 Å². The lowest BCUT2D eigenvalue weighted by Crippen LogP contribution is -2.32. The number of nitrogens with one attached hydrogen (secondary N) is 1. The zero-order valence-electron chi connectivity index (χ0n) is 18.6. The molecule has 3 aromatic carbocycles. The topological polar surface area (TPSA) is 105 Å². The number of amides is 2. The lowest BCUT2D eigenvalue weighted by molar-refractivity contribution is -0.384. The van der Waals surface area contributed by atoms with Gasteiger partial charge < -0.3 is 5.32 Å². The fourth-order valence-corrected chi connectivity index (χ4v) is 4.63. The predicted molar refractivity (Wildman–Crippen MR) is 133 cm³/mol. The van der Waals surface area contributed by atoms with E-state index in [1.54, 1.807) is 4.90 Å². The number of para-hydroxylation sites is 1. The fourth-order valence-electron chi connectivity index (χ4n) is 3.63. The molecule has 0 radical (unpaired) electrons. The number of hydrogen-bond donors (Lipinski definition) is 1. The van der Waals surface area contributed by atoms with Gasteiger partial charge in [0.25, 0.3) is 11.6 Å². The van der Waals surface area contributed by atoms with E-state index in [4.69, 9.17) is 0 Å². The number of aromatic nitrogens is 1. The number of carbonyl (C=O) groups is 2. The summed E-state index contributed by atoms with van der Waals surface area (Å²) in [6.45, 7) is 4.06. The first-order valence-electron chi connectivity index (χ1n) is 10.6. The summed E-state index contributed by atoms with van der Waals surface area (Å²) in [6, 6.07) is 18.9. The van der Waals surface area contributed by atoms with E-state index in [-0.39, 0.29) is 30.1 Å². The molecule has 2 amide bonds. The first kappa shape index (κ1) is 23.1. The van der Waals surface area contributed by atoms with Crippen molar-refractivity contribution in [2.75, 3.05) is 11.4 Å². The number of fused-ring (bicyclic) bond motifs is 1. The second kappa shape index (κ2) is 9.80. The zero-order valence-corrected chi connectivity index (χ0v) is 19.5. The molecule has 1 N–H and O–H groups in total. The summed E-state index contributed by atoms with van der Waals surface area (Å²) < 4.78 is 0.978. The van der Waals surface area contributed by atoms with Gasteiger partial charge in [-0.25, -0.2) is 4.98 Å². The number of rotatable bonds is 7. The van der Waals surface area contributed by atoms with Crippen molar-refractivity contribution in [2.45, 2.75) is 20.3 Å². The lowest BCUT2D eigenvalue weighted by atomic mass is 10.1. The van der Waals surface area contributed by atoms with E-state index < -0.39 is 10.8 Å². The van der Waals surface area contributed by atoms with Gasteiger partial charge in [0.1, 0.15) is 0 Å². The summed E-state index contributed by atoms with van der Waals surface area (Å²) in [5, 5.41) is 14.1. The van der Waals surface area contributed by atoms with E-state index in [2.05, 4.69) is 10.3 Å². The molecule has 0 fully saturated rings. The van der Waals surface area contributed by atoms with E-state index >= 15 is 0 Å². The third-order valence-corrected chi connectivity index (χ3v) is 6.17. The van der Waals surface area contributed by atoms with Crippen molar-refractivity contribution in [2.24, 2.45) is 0 Å².